The minimum atomic E-state index is -0.240. The van der Waals surface area contributed by atoms with E-state index in [-0.39, 0.29) is 11.4 Å². The van der Waals surface area contributed by atoms with Gasteiger partial charge in [-0.05, 0) is 12.0 Å². The molecule has 1 aromatic carbocycles. The van der Waals surface area contributed by atoms with E-state index in [1.54, 1.807) is 0 Å². The first-order valence-corrected chi connectivity index (χ1v) is 6.05. The van der Waals surface area contributed by atoms with Gasteiger partial charge >= 0.3 is 0 Å². The summed E-state index contributed by atoms with van der Waals surface area (Å²) in [5.74, 6) is 0.343. The fourth-order valence-corrected chi connectivity index (χ4v) is 1.88. The molecule has 0 aliphatic rings. The molecule has 2 N–H and O–H groups in total. The Morgan fingerprint density at radius 1 is 1.28 bits per heavy atom. The average Bonchev–Trinajstić information content (AvgIpc) is 2.35. The Bertz CT molecular complexity index is 576. The van der Waals surface area contributed by atoms with Crippen molar-refractivity contribution in [2.45, 2.75) is 26.2 Å². The van der Waals surface area contributed by atoms with Crippen molar-refractivity contribution < 1.29 is 5.11 Å². The van der Waals surface area contributed by atoms with Crippen LogP contribution in [0.25, 0.3) is 0 Å². The third-order valence-electron chi connectivity index (χ3n) is 2.76. The van der Waals surface area contributed by atoms with E-state index in [2.05, 4.69) is 9.97 Å². The van der Waals surface area contributed by atoms with Crippen LogP contribution in [0.5, 0.6) is 5.88 Å². The minimum absolute atomic E-state index is 0.147. The first-order valence-electron chi connectivity index (χ1n) is 6.05. The van der Waals surface area contributed by atoms with Crippen LogP contribution in [0, 0.1) is 0 Å². The highest BCUT2D eigenvalue weighted by Gasteiger charge is 2.09. The number of nitrogens with zero attached hydrogens (tertiary/aromatic N) is 1. The summed E-state index contributed by atoms with van der Waals surface area (Å²) >= 11 is 0. The van der Waals surface area contributed by atoms with Gasteiger partial charge in [0.15, 0.2) is 0 Å². The van der Waals surface area contributed by atoms with Crippen molar-refractivity contribution in [2.24, 2.45) is 0 Å². The third-order valence-corrected chi connectivity index (χ3v) is 2.76. The highest BCUT2D eigenvalue weighted by molar-refractivity contribution is 5.25. The van der Waals surface area contributed by atoms with Crippen LogP contribution in [0.1, 0.15) is 30.3 Å². The van der Waals surface area contributed by atoms with E-state index in [1.165, 1.54) is 0 Å². The number of aromatic nitrogens is 2. The maximum Gasteiger partial charge on any atom is 0.257 e. The standard InChI is InChI=1S/C14H16N2O2/c1-2-6-11-13(17)15-12(16-14(11)18)9-10-7-4-3-5-8-10/h3-5,7-8H,2,6,9H2,1H3,(H2,15,16,17,18). The van der Waals surface area contributed by atoms with Gasteiger partial charge in [-0.25, -0.2) is 0 Å². The van der Waals surface area contributed by atoms with Crippen molar-refractivity contribution in [1.82, 2.24) is 9.97 Å². The molecule has 0 radical (unpaired) electrons. The Labute approximate surface area is 105 Å². The van der Waals surface area contributed by atoms with Crippen molar-refractivity contribution in [2.75, 3.05) is 0 Å². The molecule has 0 aliphatic heterocycles. The summed E-state index contributed by atoms with van der Waals surface area (Å²) in [7, 11) is 0. The second-order valence-corrected chi connectivity index (χ2v) is 4.23. The van der Waals surface area contributed by atoms with Gasteiger partial charge in [0, 0.05) is 6.42 Å². The van der Waals surface area contributed by atoms with Crippen LogP contribution in [-0.4, -0.2) is 15.1 Å². The lowest BCUT2D eigenvalue weighted by molar-refractivity contribution is 0.439. The van der Waals surface area contributed by atoms with Gasteiger partial charge < -0.3 is 10.1 Å². The first-order chi connectivity index (χ1) is 8.70. The van der Waals surface area contributed by atoms with Crippen LogP contribution in [0.15, 0.2) is 35.1 Å². The first kappa shape index (κ1) is 12.4. The van der Waals surface area contributed by atoms with Crippen LogP contribution in [0.2, 0.25) is 0 Å². The van der Waals surface area contributed by atoms with E-state index in [9.17, 15) is 9.90 Å². The Balaban J connectivity index is 2.28. The van der Waals surface area contributed by atoms with Crippen molar-refractivity contribution >= 4 is 0 Å². The number of H-pyrrole nitrogens is 1. The molecule has 1 aromatic heterocycles. The maximum absolute atomic E-state index is 11.8. The number of aromatic amines is 1. The lowest BCUT2D eigenvalue weighted by Gasteiger charge is -2.05. The SMILES string of the molecule is CCCc1c(O)nc(Cc2ccccc2)[nH]c1=O. The summed E-state index contributed by atoms with van der Waals surface area (Å²) in [6.07, 6.45) is 1.85. The smallest absolute Gasteiger partial charge is 0.257 e. The van der Waals surface area contributed by atoms with Gasteiger partial charge in [-0.1, -0.05) is 43.7 Å². The van der Waals surface area contributed by atoms with Gasteiger partial charge in [-0.15, -0.1) is 0 Å². The molecule has 1 heterocycles. The van der Waals surface area contributed by atoms with Crippen molar-refractivity contribution in [3.63, 3.8) is 0 Å². The lowest BCUT2D eigenvalue weighted by atomic mass is 10.1. The molecule has 94 valence electrons. The van der Waals surface area contributed by atoms with E-state index in [0.717, 1.165) is 12.0 Å². The number of aromatic hydroxyl groups is 1. The molecule has 0 saturated carbocycles. The molecule has 2 rings (SSSR count). The lowest BCUT2D eigenvalue weighted by Crippen LogP contribution is -2.17. The van der Waals surface area contributed by atoms with Gasteiger partial charge in [-0.3, -0.25) is 4.79 Å². The number of benzene rings is 1. The third kappa shape index (κ3) is 2.77. The van der Waals surface area contributed by atoms with Crippen LogP contribution in [-0.2, 0) is 12.8 Å². The van der Waals surface area contributed by atoms with Gasteiger partial charge in [0.2, 0.25) is 5.88 Å². The molecule has 0 bridgehead atoms. The topological polar surface area (TPSA) is 66.0 Å². The summed E-state index contributed by atoms with van der Waals surface area (Å²) in [5, 5.41) is 9.75. The fourth-order valence-electron chi connectivity index (χ4n) is 1.88. The predicted octanol–water partition coefficient (Wildman–Crippen LogP) is 2.02. The molecule has 0 saturated heterocycles. The molecule has 2 aromatic rings. The van der Waals surface area contributed by atoms with E-state index in [0.29, 0.717) is 24.2 Å². The Morgan fingerprint density at radius 3 is 2.61 bits per heavy atom. The number of hydrogen-bond donors (Lipinski definition) is 2. The highest BCUT2D eigenvalue weighted by Crippen LogP contribution is 2.12. The quantitative estimate of drug-likeness (QED) is 0.864. The van der Waals surface area contributed by atoms with Gasteiger partial charge in [-0.2, -0.15) is 4.98 Å². The molecule has 4 heteroatoms. The van der Waals surface area contributed by atoms with Crippen LogP contribution in [0.3, 0.4) is 0 Å². The van der Waals surface area contributed by atoms with E-state index in [1.807, 2.05) is 37.3 Å². The Morgan fingerprint density at radius 2 is 2.00 bits per heavy atom. The maximum atomic E-state index is 11.8. The molecule has 0 atom stereocenters. The van der Waals surface area contributed by atoms with Crippen LogP contribution >= 0.6 is 0 Å². The zero-order chi connectivity index (χ0) is 13.0. The molecular weight excluding hydrogens is 228 g/mol. The predicted molar refractivity (Wildman–Crippen MR) is 69.8 cm³/mol. The van der Waals surface area contributed by atoms with Crippen LogP contribution in [0.4, 0.5) is 0 Å². The molecule has 0 unspecified atom stereocenters. The monoisotopic (exact) mass is 244 g/mol. The molecular formula is C14H16N2O2. The van der Waals surface area contributed by atoms with Gasteiger partial charge in [0.05, 0.1) is 5.56 Å². The highest BCUT2D eigenvalue weighted by atomic mass is 16.3. The summed E-state index contributed by atoms with van der Waals surface area (Å²) < 4.78 is 0. The van der Waals surface area contributed by atoms with Crippen molar-refractivity contribution in [1.29, 1.82) is 0 Å². The molecule has 4 nitrogen and oxygen atoms in total. The zero-order valence-corrected chi connectivity index (χ0v) is 10.3. The molecule has 0 spiro atoms. The van der Waals surface area contributed by atoms with E-state index < -0.39 is 0 Å². The van der Waals surface area contributed by atoms with Crippen molar-refractivity contribution in [3.8, 4) is 5.88 Å². The second-order valence-electron chi connectivity index (χ2n) is 4.23. The van der Waals surface area contributed by atoms with E-state index >= 15 is 0 Å². The summed E-state index contributed by atoms with van der Waals surface area (Å²) in [5.41, 5.74) is 1.17. The molecule has 0 amide bonds. The molecule has 18 heavy (non-hydrogen) atoms. The van der Waals surface area contributed by atoms with Crippen LogP contribution < -0.4 is 5.56 Å². The zero-order valence-electron chi connectivity index (χ0n) is 10.3. The van der Waals surface area contributed by atoms with E-state index in [4.69, 9.17) is 0 Å². The summed E-state index contributed by atoms with van der Waals surface area (Å²) in [6, 6.07) is 9.70. The summed E-state index contributed by atoms with van der Waals surface area (Å²) in [4.78, 5) is 18.6. The number of hydrogen-bond acceptors (Lipinski definition) is 3. The summed E-state index contributed by atoms with van der Waals surface area (Å²) in [6.45, 7) is 1.96. The minimum Gasteiger partial charge on any atom is -0.493 e. The molecule has 0 fully saturated rings. The van der Waals surface area contributed by atoms with Gasteiger partial charge in [0.25, 0.3) is 5.56 Å². The Kier molecular flexibility index (Phi) is 3.77. The number of nitrogens with one attached hydrogen (secondary N) is 1. The largest absolute Gasteiger partial charge is 0.493 e. The Hall–Kier alpha value is -2.10. The van der Waals surface area contributed by atoms with Crippen molar-refractivity contribution in [3.05, 3.63) is 57.6 Å². The second kappa shape index (κ2) is 5.49. The molecule has 0 aliphatic carbocycles. The fraction of sp³-hybridized carbons (Fsp3) is 0.286. The number of rotatable bonds is 4. The van der Waals surface area contributed by atoms with Gasteiger partial charge in [0.1, 0.15) is 5.82 Å². The normalized spacial score (nSPS) is 10.5. The average molecular weight is 244 g/mol.